The van der Waals surface area contributed by atoms with Crippen LogP contribution in [0.15, 0.2) is 36.4 Å². The van der Waals surface area contributed by atoms with Gasteiger partial charge in [0.2, 0.25) is 5.91 Å². The third-order valence-electron chi connectivity index (χ3n) is 4.84. The molecule has 27 heavy (non-hydrogen) atoms. The number of imidazole rings is 1. The molecule has 0 saturated carbocycles. The van der Waals surface area contributed by atoms with Crippen LogP contribution in [-0.2, 0) is 11.3 Å². The van der Waals surface area contributed by atoms with Gasteiger partial charge in [0.1, 0.15) is 17.7 Å². The first-order valence-electron chi connectivity index (χ1n) is 8.73. The summed E-state index contributed by atoms with van der Waals surface area (Å²) in [5.74, 6) is 1.74. The SMILES string of the molecule is CC(=O)N1CC(Oc2ccc3c(c2)nc(C)n3Cc2cc(Cl)ccc2Cl)C1. The molecule has 1 amide bonds. The van der Waals surface area contributed by atoms with Crippen LogP contribution < -0.4 is 4.74 Å². The quantitative estimate of drug-likeness (QED) is 0.651. The molecule has 2 aromatic carbocycles. The first-order valence-corrected chi connectivity index (χ1v) is 9.49. The topological polar surface area (TPSA) is 47.4 Å². The van der Waals surface area contributed by atoms with Crippen molar-refractivity contribution in [2.75, 3.05) is 13.1 Å². The standard InChI is InChI=1S/C20H19Cl2N3O2/c1-12-23-19-8-16(27-17-10-24(11-17)13(2)26)4-6-20(19)25(12)9-14-7-15(21)3-5-18(14)22/h3-8,17H,9-11H2,1-2H3. The fourth-order valence-electron chi connectivity index (χ4n) is 3.30. The highest BCUT2D eigenvalue weighted by atomic mass is 35.5. The summed E-state index contributed by atoms with van der Waals surface area (Å²) in [6, 6.07) is 11.4. The number of carbonyl (C=O) groups excluding carboxylic acids is 1. The van der Waals surface area contributed by atoms with Gasteiger partial charge >= 0.3 is 0 Å². The minimum absolute atomic E-state index is 0.0415. The average molecular weight is 404 g/mol. The summed E-state index contributed by atoms with van der Waals surface area (Å²) < 4.78 is 8.07. The molecule has 0 atom stereocenters. The van der Waals surface area contributed by atoms with Gasteiger partial charge in [0, 0.05) is 23.0 Å². The third-order valence-corrected chi connectivity index (χ3v) is 5.45. The Labute approximate surface area is 167 Å². The minimum Gasteiger partial charge on any atom is -0.487 e. The summed E-state index contributed by atoms with van der Waals surface area (Å²) in [6.45, 7) is 5.40. The van der Waals surface area contributed by atoms with E-state index < -0.39 is 0 Å². The molecule has 0 spiro atoms. The number of ether oxygens (including phenoxy) is 1. The lowest BCUT2D eigenvalue weighted by atomic mass is 10.1. The van der Waals surface area contributed by atoms with Crippen molar-refractivity contribution in [2.24, 2.45) is 0 Å². The van der Waals surface area contributed by atoms with Gasteiger partial charge in [0.05, 0.1) is 30.7 Å². The number of halogens is 2. The molecule has 3 aromatic rings. The largest absolute Gasteiger partial charge is 0.487 e. The van der Waals surface area contributed by atoms with Gasteiger partial charge in [-0.25, -0.2) is 4.98 Å². The Morgan fingerprint density at radius 2 is 2.00 bits per heavy atom. The van der Waals surface area contributed by atoms with Crippen LogP contribution in [-0.4, -0.2) is 39.6 Å². The molecule has 0 aliphatic carbocycles. The first kappa shape index (κ1) is 18.1. The van der Waals surface area contributed by atoms with Crippen LogP contribution in [0.4, 0.5) is 0 Å². The zero-order valence-corrected chi connectivity index (χ0v) is 16.6. The number of hydrogen-bond acceptors (Lipinski definition) is 3. The molecule has 1 aliphatic rings. The van der Waals surface area contributed by atoms with Gasteiger partial charge in [-0.15, -0.1) is 0 Å². The van der Waals surface area contributed by atoms with Crippen LogP contribution in [0.2, 0.25) is 10.0 Å². The van der Waals surface area contributed by atoms with Crippen molar-refractivity contribution < 1.29 is 9.53 Å². The number of rotatable bonds is 4. The molecule has 1 aromatic heterocycles. The molecule has 7 heteroatoms. The molecule has 0 unspecified atom stereocenters. The van der Waals surface area contributed by atoms with E-state index >= 15 is 0 Å². The summed E-state index contributed by atoms with van der Waals surface area (Å²) in [7, 11) is 0. The lowest BCUT2D eigenvalue weighted by Gasteiger charge is -2.38. The number of benzene rings is 2. The molecule has 1 saturated heterocycles. The van der Waals surface area contributed by atoms with Crippen LogP contribution in [0.3, 0.4) is 0 Å². The van der Waals surface area contributed by atoms with Gasteiger partial charge in [-0.3, -0.25) is 4.79 Å². The van der Waals surface area contributed by atoms with Gasteiger partial charge in [0.15, 0.2) is 0 Å². The predicted molar refractivity (Wildman–Crippen MR) is 107 cm³/mol. The van der Waals surface area contributed by atoms with E-state index in [1.54, 1.807) is 17.9 Å². The molecular formula is C20H19Cl2N3O2. The summed E-state index contributed by atoms with van der Waals surface area (Å²) in [6.07, 6.45) is 0.0415. The first-order chi connectivity index (χ1) is 12.9. The maximum atomic E-state index is 11.3. The van der Waals surface area contributed by atoms with E-state index in [2.05, 4.69) is 9.55 Å². The van der Waals surface area contributed by atoms with Crippen molar-refractivity contribution in [1.29, 1.82) is 0 Å². The van der Waals surface area contributed by atoms with E-state index in [9.17, 15) is 4.79 Å². The van der Waals surface area contributed by atoms with E-state index in [-0.39, 0.29) is 12.0 Å². The maximum Gasteiger partial charge on any atom is 0.219 e. The van der Waals surface area contributed by atoms with Gasteiger partial charge in [-0.1, -0.05) is 23.2 Å². The van der Waals surface area contributed by atoms with E-state index in [1.165, 1.54) is 0 Å². The molecule has 2 heterocycles. The number of aryl methyl sites for hydroxylation is 1. The number of likely N-dealkylation sites (tertiary alicyclic amines) is 1. The number of amides is 1. The van der Waals surface area contributed by atoms with Crippen molar-refractivity contribution in [2.45, 2.75) is 26.5 Å². The molecule has 0 bridgehead atoms. The average Bonchev–Trinajstić information content (AvgIpc) is 2.88. The summed E-state index contributed by atoms with van der Waals surface area (Å²) in [5.41, 5.74) is 2.83. The Bertz CT molecular complexity index is 1030. The van der Waals surface area contributed by atoms with Gasteiger partial charge in [-0.2, -0.15) is 0 Å². The second-order valence-corrected chi connectivity index (χ2v) is 7.64. The third kappa shape index (κ3) is 3.62. The number of fused-ring (bicyclic) bond motifs is 1. The molecule has 0 radical (unpaired) electrons. The second-order valence-electron chi connectivity index (χ2n) is 6.80. The summed E-state index contributed by atoms with van der Waals surface area (Å²) in [5, 5.41) is 1.34. The maximum absolute atomic E-state index is 11.3. The number of nitrogens with zero attached hydrogens (tertiary/aromatic N) is 3. The molecule has 1 fully saturated rings. The number of hydrogen-bond donors (Lipinski definition) is 0. The van der Waals surface area contributed by atoms with Gasteiger partial charge < -0.3 is 14.2 Å². The van der Waals surface area contributed by atoms with Crippen molar-refractivity contribution in [3.63, 3.8) is 0 Å². The van der Waals surface area contributed by atoms with Crippen LogP contribution >= 0.6 is 23.2 Å². The Balaban J connectivity index is 1.56. The normalized spacial score (nSPS) is 14.4. The lowest BCUT2D eigenvalue weighted by molar-refractivity contribution is -0.137. The highest BCUT2D eigenvalue weighted by Gasteiger charge is 2.30. The summed E-state index contributed by atoms with van der Waals surface area (Å²) >= 11 is 12.4. The molecule has 5 nitrogen and oxygen atoms in total. The second kappa shape index (κ2) is 7.06. The van der Waals surface area contributed by atoms with Gasteiger partial charge in [0.25, 0.3) is 0 Å². The molecule has 0 N–H and O–H groups in total. The van der Waals surface area contributed by atoms with E-state index in [0.717, 1.165) is 28.2 Å². The van der Waals surface area contributed by atoms with Crippen LogP contribution in [0, 0.1) is 6.92 Å². The highest BCUT2D eigenvalue weighted by molar-refractivity contribution is 6.33. The molecule has 1 aliphatic heterocycles. The Hall–Kier alpha value is -2.24. The molecular weight excluding hydrogens is 385 g/mol. The van der Waals surface area contributed by atoms with Crippen molar-refractivity contribution >= 4 is 40.1 Å². The lowest BCUT2D eigenvalue weighted by Crippen LogP contribution is -2.55. The van der Waals surface area contributed by atoms with Crippen molar-refractivity contribution in [3.05, 3.63) is 57.8 Å². The molecule has 140 valence electrons. The Morgan fingerprint density at radius 1 is 1.22 bits per heavy atom. The Morgan fingerprint density at radius 3 is 2.74 bits per heavy atom. The smallest absolute Gasteiger partial charge is 0.219 e. The zero-order chi connectivity index (χ0) is 19.1. The summed E-state index contributed by atoms with van der Waals surface area (Å²) in [4.78, 5) is 17.7. The van der Waals surface area contributed by atoms with Crippen molar-refractivity contribution in [3.8, 4) is 5.75 Å². The van der Waals surface area contributed by atoms with Gasteiger partial charge in [-0.05, 0) is 42.8 Å². The Kier molecular flexibility index (Phi) is 4.74. The fraction of sp³-hybridized carbons (Fsp3) is 0.300. The van der Waals surface area contributed by atoms with Crippen LogP contribution in [0.5, 0.6) is 5.75 Å². The van der Waals surface area contributed by atoms with E-state index in [1.807, 2.05) is 37.3 Å². The van der Waals surface area contributed by atoms with E-state index in [0.29, 0.717) is 29.7 Å². The van der Waals surface area contributed by atoms with Crippen LogP contribution in [0.25, 0.3) is 11.0 Å². The predicted octanol–water partition coefficient (Wildman–Crippen LogP) is 4.31. The molecule has 4 rings (SSSR count). The zero-order valence-electron chi connectivity index (χ0n) is 15.1. The number of aromatic nitrogens is 2. The van der Waals surface area contributed by atoms with E-state index in [4.69, 9.17) is 27.9 Å². The monoisotopic (exact) mass is 403 g/mol. The highest BCUT2D eigenvalue weighted by Crippen LogP contribution is 2.27. The van der Waals surface area contributed by atoms with Crippen LogP contribution in [0.1, 0.15) is 18.3 Å². The minimum atomic E-state index is 0.0415. The fourth-order valence-corrected chi connectivity index (χ4v) is 3.67. The number of carbonyl (C=O) groups is 1. The van der Waals surface area contributed by atoms with Crippen molar-refractivity contribution in [1.82, 2.24) is 14.5 Å².